The van der Waals surface area contributed by atoms with Crippen LogP contribution >= 0.6 is 23.2 Å². The summed E-state index contributed by atoms with van der Waals surface area (Å²) in [5, 5.41) is 1.36. The highest BCUT2D eigenvalue weighted by atomic mass is 35.5. The summed E-state index contributed by atoms with van der Waals surface area (Å²) in [6, 6.07) is 7.78. The molecule has 0 amide bonds. The van der Waals surface area contributed by atoms with Crippen molar-refractivity contribution in [1.82, 2.24) is 9.55 Å². The fraction of sp³-hybridized carbons (Fsp3) is 0.357. The Morgan fingerprint density at radius 3 is 2.94 bits per heavy atom. The van der Waals surface area contributed by atoms with Crippen LogP contribution < -0.4 is 0 Å². The third kappa shape index (κ3) is 2.04. The second kappa shape index (κ2) is 4.60. The number of fused-ring (bicyclic) bond motifs is 1. The minimum atomic E-state index is 0.636. The molecule has 0 saturated heterocycles. The molecule has 18 heavy (non-hydrogen) atoms. The molecule has 1 unspecified atom stereocenters. The van der Waals surface area contributed by atoms with E-state index < -0.39 is 0 Å². The molecule has 0 saturated carbocycles. The quantitative estimate of drug-likeness (QED) is 0.755. The standard InChI is InChI=1S/C14H14Cl2N2/c1-9-5-6-12-13(16)17-14(18(12)8-9)10-3-2-4-11(15)7-10/h2-4,7,9H,5-6,8H2,1H3. The lowest BCUT2D eigenvalue weighted by Gasteiger charge is -2.22. The van der Waals surface area contributed by atoms with Gasteiger partial charge in [-0.05, 0) is 30.9 Å². The van der Waals surface area contributed by atoms with Gasteiger partial charge < -0.3 is 4.57 Å². The van der Waals surface area contributed by atoms with Crippen molar-refractivity contribution >= 4 is 23.2 Å². The fourth-order valence-corrected chi connectivity index (χ4v) is 2.99. The van der Waals surface area contributed by atoms with Crippen molar-refractivity contribution < 1.29 is 0 Å². The highest BCUT2D eigenvalue weighted by molar-refractivity contribution is 6.31. The van der Waals surface area contributed by atoms with E-state index in [2.05, 4.69) is 16.5 Å². The van der Waals surface area contributed by atoms with Crippen molar-refractivity contribution in [2.75, 3.05) is 0 Å². The third-order valence-electron chi connectivity index (χ3n) is 3.47. The molecular weight excluding hydrogens is 267 g/mol. The van der Waals surface area contributed by atoms with E-state index in [1.807, 2.05) is 24.3 Å². The molecule has 0 aliphatic carbocycles. The van der Waals surface area contributed by atoms with Gasteiger partial charge in [-0.1, -0.05) is 42.3 Å². The van der Waals surface area contributed by atoms with Gasteiger partial charge in [-0.3, -0.25) is 0 Å². The van der Waals surface area contributed by atoms with Gasteiger partial charge in [-0.25, -0.2) is 4.98 Å². The van der Waals surface area contributed by atoms with Gasteiger partial charge in [0.1, 0.15) is 5.82 Å². The Morgan fingerprint density at radius 1 is 1.33 bits per heavy atom. The van der Waals surface area contributed by atoms with E-state index in [-0.39, 0.29) is 0 Å². The van der Waals surface area contributed by atoms with Crippen molar-refractivity contribution in [2.45, 2.75) is 26.3 Å². The summed E-state index contributed by atoms with van der Waals surface area (Å²) in [6.45, 7) is 3.25. The lowest BCUT2D eigenvalue weighted by molar-refractivity contribution is 0.402. The highest BCUT2D eigenvalue weighted by Gasteiger charge is 2.23. The van der Waals surface area contributed by atoms with Crippen LogP contribution in [-0.2, 0) is 13.0 Å². The normalized spacial score (nSPS) is 18.7. The Labute approximate surface area is 117 Å². The average Bonchev–Trinajstić information content (AvgIpc) is 2.66. The molecule has 1 atom stereocenters. The van der Waals surface area contributed by atoms with Crippen LogP contribution in [0.15, 0.2) is 24.3 Å². The maximum absolute atomic E-state index is 6.24. The monoisotopic (exact) mass is 280 g/mol. The van der Waals surface area contributed by atoms with Gasteiger partial charge in [0.2, 0.25) is 0 Å². The largest absolute Gasteiger partial charge is 0.326 e. The lowest BCUT2D eigenvalue weighted by atomic mass is 10.00. The summed E-state index contributed by atoms with van der Waals surface area (Å²) < 4.78 is 2.24. The predicted octanol–water partition coefficient (Wildman–Crippen LogP) is 4.44. The first-order chi connectivity index (χ1) is 8.65. The van der Waals surface area contributed by atoms with Crippen molar-refractivity contribution in [3.8, 4) is 11.4 Å². The first-order valence-electron chi connectivity index (χ1n) is 6.16. The highest BCUT2D eigenvalue weighted by Crippen LogP contribution is 2.32. The van der Waals surface area contributed by atoms with Crippen LogP contribution in [0.2, 0.25) is 10.2 Å². The molecule has 1 aromatic heterocycles. The number of hydrogen-bond donors (Lipinski definition) is 0. The summed E-state index contributed by atoms with van der Waals surface area (Å²) in [4.78, 5) is 4.51. The van der Waals surface area contributed by atoms with Crippen LogP contribution in [0, 0.1) is 5.92 Å². The Hall–Kier alpha value is -0.990. The van der Waals surface area contributed by atoms with E-state index in [9.17, 15) is 0 Å². The van der Waals surface area contributed by atoms with E-state index in [4.69, 9.17) is 23.2 Å². The minimum Gasteiger partial charge on any atom is -0.326 e. The average molecular weight is 281 g/mol. The molecule has 1 aliphatic heterocycles. The molecule has 0 radical (unpaired) electrons. The van der Waals surface area contributed by atoms with Gasteiger partial charge in [0.05, 0.1) is 5.69 Å². The summed E-state index contributed by atoms with van der Waals surface area (Å²) >= 11 is 12.3. The third-order valence-corrected chi connectivity index (χ3v) is 4.01. The van der Waals surface area contributed by atoms with Gasteiger partial charge >= 0.3 is 0 Å². The van der Waals surface area contributed by atoms with Crippen LogP contribution in [0.5, 0.6) is 0 Å². The van der Waals surface area contributed by atoms with Gasteiger partial charge in [-0.15, -0.1) is 0 Å². The van der Waals surface area contributed by atoms with E-state index in [0.717, 1.165) is 35.1 Å². The first kappa shape index (κ1) is 12.1. The zero-order valence-corrected chi connectivity index (χ0v) is 11.7. The van der Waals surface area contributed by atoms with Crippen molar-refractivity contribution in [1.29, 1.82) is 0 Å². The number of benzene rings is 1. The number of imidazole rings is 1. The number of nitrogens with zero attached hydrogens (tertiary/aromatic N) is 2. The molecule has 94 valence electrons. The number of hydrogen-bond acceptors (Lipinski definition) is 1. The first-order valence-corrected chi connectivity index (χ1v) is 6.91. The Kier molecular flexibility index (Phi) is 3.08. The van der Waals surface area contributed by atoms with Crippen LogP contribution in [0.1, 0.15) is 19.0 Å². The van der Waals surface area contributed by atoms with Gasteiger partial charge in [0, 0.05) is 17.1 Å². The molecule has 0 N–H and O–H groups in total. The molecular formula is C14H14Cl2N2. The Bertz CT molecular complexity index is 589. The number of halogens is 2. The zero-order chi connectivity index (χ0) is 12.7. The van der Waals surface area contributed by atoms with Crippen LogP contribution in [0.4, 0.5) is 0 Å². The number of aromatic nitrogens is 2. The van der Waals surface area contributed by atoms with Gasteiger partial charge in [0.25, 0.3) is 0 Å². The smallest absolute Gasteiger partial charge is 0.150 e. The van der Waals surface area contributed by atoms with E-state index in [1.165, 1.54) is 6.42 Å². The molecule has 1 aliphatic rings. The molecule has 2 heterocycles. The Balaban J connectivity index is 2.13. The molecule has 2 aromatic rings. The molecule has 0 bridgehead atoms. The summed E-state index contributed by atoms with van der Waals surface area (Å²) in [5.41, 5.74) is 2.19. The maximum atomic E-state index is 6.24. The molecule has 0 fully saturated rings. The van der Waals surface area contributed by atoms with Crippen molar-refractivity contribution in [2.24, 2.45) is 5.92 Å². The van der Waals surface area contributed by atoms with E-state index in [0.29, 0.717) is 11.1 Å². The van der Waals surface area contributed by atoms with E-state index in [1.54, 1.807) is 0 Å². The molecule has 1 aromatic carbocycles. The fourth-order valence-electron chi connectivity index (χ4n) is 2.53. The lowest BCUT2D eigenvalue weighted by Crippen LogP contribution is -2.18. The van der Waals surface area contributed by atoms with Crippen LogP contribution in [0.25, 0.3) is 11.4 Å². The minimum absolute atomic E-state index is 0.636. The maximum Gasteiger partial charge on any atom is 0.150 e. The topological polar surface area (TPSA) is 17.8 Å². The predicted molar refractivity (Wildman–Crippen MR) is 75.2 cm³/mol. The second-order valence-electron chi connectivity index (χ2n) is 4.94. The molecule has 2 nitrogen and oxygen atoms in total. The van der Waals surface area contributed by atoms with Gasteiger partial charge in [-0.2, -0.15) is 0 Å². The summed E-state index contributed by atoms with van der Waals surface area (Å²) in [6.07, 6.45) is 2.19. The molecule has 0 spiro atoms. The Morgan fingerprint density at radius 2 is 2.17 bits per heavy atom. The zero-order valence-electron chi connectivity index (χ0n) is 10.2. The SMILES string of the molecule is CC1CCc2c(Cl)nc(-c3cccc(Cl)c3)n2C1. The van der Waals surface area contributed by atoms with E-state index >= 15 is 0 Å². The second-order valence-corrected chi connectivity index (χ2v) is 5.73. The summed E-state index contributed by atoms with van der Waals surface area (Å²) in [5.74, 6) is 1.60. The summed E-state index contributed by atoms with van der Waals surface area (Å²) in [7, 11) is 0. The van der Waals surface area contributed by atoms with Crippen molar-refractivity contribution in [3.05, 3.63) is 40.1 Å². The van der Waals surface area contributed by atoms with Crippen molar-refractivity contribution in [3.63, 3.8) is 0 Å². The van der Waals surface area contributed by atoms with Crippen LogP contribution in [-0.4, -0.2) is 9.55 Å². The molecule has 3 rings (SSSR count). The van der Waals surface area contributed by atoms with Gasteiger partial charge in [0.15, 0.2) is 5.15 Å². The van der Waals surface area contributed by atoms with Crippen LogP contribution in [0.3, 0.4) is 0 Å². The molecule has 4 heteroatoms. The number of rotatable bonds is 1.